The van der Waals surface area contributed by atoms with Gasteiger partial charge >= 0.3 is 12.1 Å². The van der Waals surface area contributed by atoms with E-state index in [-0.39, 0.29) is 36.7 Å². The minimum Gasteiger partial charge on any atom is -0.456 e. The fourth-order valence-electron chi connectivity index (χ4n) is 5.83. The Bertz CT molecular complexity index is 1330. The van der Waals surface area contributed by atoms with E-state index >= 15 is 0 Å². The van der Waals surface area contributed by atoms with Crippen LogP contribution in [-0.2, 0) is 32.2 Å². The number of hydrogen-bond acceptors (Lipinski definition) is 8. The molecule has 5 rings (SSSR count). The zero-order valence-electron chi connectivity index (χ0n) is 22.4. The number of aliphatic hydroxyl groups excluding tert-OH is 1. The minimum absolute atomic E-state index is 0.00280. The number of likely N-dealkylation sites (tertiary alicyclic amines) is 1. The van der Waals surface area contributed by atoms with Crippen molar-refractivity contribution in [3.8, 4) is 11.1 Å². The van der Waals surface area contributed by atoms with Crippen LogP contribution in [0.1, 0.15) is 71.9 Å². The van der Waals surface area contributed by atoms with Gasteiger partial charge in [0.2, 0.25) is 0 Å². The summed E-state index contributed by atoms with van der Waals surface area (Å²) in [6.45, 7) is 4.91. The van der Waals surface area contributed by atoms with E-state index in [1.54, 1.807) is 45.0 Å². The number of ketones is 2. The number of hydrogen-bond donors (Lipinski definition) is 1. The van der Waals surface area contributed by atoms with Crippen molar-refractivity contribution in [1.82, 2.24) is 4.90 Å². The second-order valence-electron chi connectivity index (χ2n) is 11.4. The molecule has 0 unspecified atom stereocenters. The number of Topliss-reactive ketones (excluding diaryl/α,β-unsaturated/α-hetero) is 2. The molecule has 2 aromatic carbocycles. The number of rotatable bonds is 6. The molecule has 9 nitrogen and oxygen atoms in total. The number of carbonyl (C=O) groups is 4. The summed E-state index contributed by atoms with van der Waals surface area (Å²) in [6, 6.07) is 9.65. The summed E-state index contributed by atoms with van der Waals surface area (Å²) in [5.41, 5.74) is 3.51. The lowest BCUT2D eigenvalue weighted by Crippen LogP contribution is -2.51. The Hall–Kier alpha value is -3.56. The second kappa shape index (κ2) is 10.5. The molecule has 1 saturated heterocycles. The van der Waals surface area contributed by atoms with Crippen molar-refractivity contribution >= 4 is 23.6 Å². The third-order valence-electron chi connectivity index (χ3n) is 7.58. The number of amides is 1. The van der Waals surface area contributed by atoms with Crippen molar-refractivity contribution in [2.75, 3.05) is 13.2 Å². The van der Waals surface area contributed by atoms with Gasteiger partial charge in [0, 0.05) is 17.2 Å². The maximum absolute atomic E-state index is 13.1. The highest BCUT2D eigenvalue weighted by Crippen LogP contribution is 2.43. The number of fused-ring (bicyclic) bond motifs is 5. The number of aliphatic hydroxyl groups is 1. The molecule has 2 fully saturated rings. The molecule has 9 heteroatoms. The van der Waals surface area contributed by atoms with Crippen LogP contribution in [0.15, 0.2) is 36.4 Å². The first-order valence-corrected chi connectivity index (χ1v) is 13.2. The lowest BCUT2D eigenvalue weighted by atomic mass is 9.93. The van der Waals surface area contributed by atoms with Crippen LogP contribution in [0, 0.1) is 5.92 Å². The normalized spacial score (nSPS) is 21.5. The van der Waals surface area contributed by atoms with Crippen LogP contribution in [0.4, 0.5) is 4.79 Å². The van der Waals surface area contributed by atoms with Crippen LogP contribution in [0.3, 0.4) is 0 Å². The molecule has 39 heavy (non-hydrogen) atoms. The molecule has 0 spiro atoms. The maximum Gasteiger partial charge on any atom is 0.411 e. The van der Waals surface area contributed by atoms with E-state index in [0.717, 1.165) is 41.5 Å². The predicted octanol–water partition coefficient (Wildman–Crippen LogP) is 4.07. The number of nitrogens with zero attached hydrogens (tertiary/aromatic N) is 1. The van der Waals surface area contributed by atoms with Gasteiger partial charge in [-0.1, -0.05) is 24.3 Å². The van der Waals surface area contributed by atoms with Gasteiger partial charge in [-0.25, -0.2) is 9.59 Å². The van der Waals surface area contributed by atoms with Gasteiger partial charge in [0.05, 0.1) is 13.2 Å². The topological polar surface area (TPSA) is 119 Å². The maximum atomic E-state index is 13.1. The Morgan fingerprint density at radius 2 is 1.56 bits per heavy atom. The van der Waals surface area contributed by atoms with Gasteiger partial charge in [0.1, 0.15) is 18.2 Å². The molecule has 2 aromatic rings. The second-order valence-corrected chi connectivity index (χ2v) is 11.4. The largest absolute Gasteiger partial charge is 0.456 e. The molecule has 1 aliphatic carbocycles. The molecular formula is C30H33NO8. The zero-order chi connectivity index (χ0) is 27.9. The minimum atomic E-state index is -0.744. The van der Waals surface area contributed by atoms with Crippen LogP contribution >= 0.6 is 0 Å². The van der Waals surface area contributed by atoms with Crippen LogP contribution in [0.5, 0.6) is 0 Å². The van der Waals surface area contributed by atoms with E-state index < -0.39 is 36.9 Å². The first-order valence-electron chi connectivity index (χ1n) is 13.2. The number of carbonyl (C=O) groups excluding carboxylic acids is 4. The quantitative estimate of drug-likeness (QED) is 0.434. The molecule has 2 aliphatic heterocycles. The summed E-state index contributed by atoms with van der Waals surface area (Å²) < 4.78 is 16.8. The van der Waals surface area contributed by atoms with Crippen molar-refractivity contribution in [2.24, 2.45) is 5.92 Å². The van der Waals surface area contributed by atoms with Crippen LogP contribution < -0.4 is 0 Å². The highest BCUT2D eigenvalue weighted by molar-refractivity contribution is 6.00. The van der Waals surface area contributed by atoms with Gasteiger partial charge in [0.15, 0.2) is 18.2 Å². The summed E-state index contributed by atoms with van der Waals surface area (Å²) in [4.78, 5) is 52.3. The van der Waals surface area contributed by atoms with Crippen molar-refractivity contribution in [2.45, 2.75) is 70.9 Å². The Labute approximate surface area is 227 Å². The average Bonchev–Trinajstić information content (AvgIpc) is 3.47. The average molecular weight is 536 g/mol. The third kappa shape index (κ3) is 5.46. The Kier molecular flexibility index (Phi) is 7.31. The molecule has 2 heterocycles. The first kappa shape index (κ1) is 27.0. The van der Waals surface area contributed by atoms with Crippen molar-refractivity contribution < 1.29 is 38.5 Å². The van der Waals surface area contributed by atoms with Gasteiger partial charge in [-0.05, 0) is 80.3 Å². The SMILES string of the molecule is CC(C)(C)OC(=O)N1[C@@H]2CC[C@@H](C2)[C@H]1C(=O)OCC(=O)c1ccc2c(c1)COCc1cc(C(=O)CO)ccc1-2. The van der Waals surface area contributed by atoms with E-state index in [0.29, 0.717) is 11.1 Å². The van der Waals surface area contributed by atoms with Gasteiger partial charge in [-0.15, -0.1) is 0 Å². The highest BCUT2D eigenvalue weighted by atomic mass is 16.6. The van der Waals surface area contributed by atoms with Crippen LogP contribution in [-0.4, -0.2) is 64.5 Å². The Morgan fingerprint density at radius 1 is 0.949 bits per heavy atom. The monoisotopic (exact) mass is 535 g/mol. The van der Waals surface area contributed by atoms with E-state index in [1.807, 2.05) is 12.1 Å². The number of piperidine rings is 1. The molecule has 3 atom stereocenters. The summed E-state index contributed by atoms with van der Waals surface area (Å²) in [7, 11) is 0. The molecule has 0 aromatic heterocycles. The van der Waals surface area contributed by atoms with E-state index in [1.165, 1.54) is 4.90 Å². The Morgan fingerprint density at radius 3 is 2.15 bits per heavy atom. The number of esters is 1. The summed E-state index contributed by atoms with van der Waals surface area (Å²) >= 11 is 0. The van der Waals surface area contributed by atoms with Gasteiger partial charge in [-0.2, -0.15) is 0 Å². The predicted molar refractivity (Wildman–Crippen MR) is 140 cm³/mol. The smallest absolute Gasteiger partial charge is 0.411 e. The van der Waals surface area contributed by atoms with Crippen molar-refractivity contribution in [1.29, 1.82) is 0 Å². The molecule has 206 valence electrons. The fraction of sp³-hybridized carbons (Fsp3) is 0.467. The van der Waals surface area contributed by atoms with Gasteiger partial charge in [-0.3, -0.25) is 14.5 Å². The third-order valence-corrected chi connectivity index (χ3v) is 7.58. The lowest BCUT2D eigenvalue weighted by molar-refractivity contribution is -0.150. The first-order chi connectivity index (χ1) is 18.6. The number of benzene rings is 2. The molecular weight excluding hydrogens is 502 g/mol. The highest BCUT2D eigenvalue weighted by Gasteiger charge is 2.53. The molecule has 1 amide bonds. The standard InChI is InChI=1S/C30H33NO8/c1-30(2,3)39-29(36)31-22-7-4-19(12-22)27(31)28(35)38-16-26(34)18-6-9-24-21(11-18)15-37-14-20-10-17(25(33)13-32)5-8-23(20)24/h5-6,8-11,19,22,27,32H,4,7,12-16H2,1-3H3/t19-,22+,27-/m0/s1. The number of ether oxygens (including phenoxy) is 3. The lowest BCUT2D eigenvalue weighted by Gasteiger charge is -2.35. The molecule has 1 N–H and O–H groups in total. The van der Waals surface area contributed by atoms with E-state index in [4.69, 9.17) is 19.3 Å². The zero-order valence-corrected chi connectivity index (χ0v) is 22.4. The van der Waals surface area contributed by atoms with Crippen molar-refractivity contribution in [3.05, 3.63) is 58.7 Å². The molecule has 3 aliphatic rings. The van der Waals surface area contributed by atoms with E-state index in [2.05, 4.69) is 0 Å². The van der Waals surface area contributed by atoms with Crippen LogP contribution in [0.25, 0.3) is 11.1 Å². The Balaban J connectivity index is 1.28. The fourth-order valence-corrected chi connectivity index (χ4v) is 5.83. The van der Waals surface area contributed by atoms with Crippen LogP contribution in [0.2, 0.25) is 0 Å². The van der Waals surface area contributed by atoms with E-state index in [9.17, 15) is 19.2 Å². The molecule has 0 radical (unpaired) electrons. The van der Waals surface area contributed by atoms with Gasteiger partial charge < -0.3 is 19.3 Å². The summed E-state index contributed by atoms with van der Waals surface area (Å²) in [6.07, 6.45) is 1.86. The summed E-state index contributed by atoms with van der Waals surface area (Å²) in [5.74, 6) is -1.30. The van der Waals surface area contributed by atoms with Crippen molar-refractivity contribution in [3.63, 3.8) is 0 Å². The summed E-state index contributed by atoms with van der Waals surface area (Å²) in [5, 5.41) is 9.17. The molecule has 2 bridgehead atoms. The molecule has 1 saturated carbocycles. The van der Waals surface area contributed by atoms with Gasteiger partial charge in [0.25, 0.3) is 0 Å².